The minimum atomic E-state index is -0.611. The summed E-state index contributed by atoms with van der Waals surface area (Å²) in [7, 11) is 0. The number of ether oxygens (including phenoxy) is 1. The molecule has 0 fully saturated rings. The molecule has 1 aromatic carbocycles. The number of rotatable bonds is 8. The summed E-state index contributed by atoms with van der Waals surface area (Å²) in [5, 5.41) is 0. The molecule has 0 heterocycles. The molecule has 1 amide bonds. The quantitative estimate of drug-likeness (QED) is 0.320. The Morgan fingerprint density at radius 2 is 1.77 bits per heavy atom. The number of carbonyl (C=O) groups is 2. The normalized spacial score (nSPS) is 14.3. The predicted molar refractivity (Wildman–Crippen MR) is 105 cm³/mol. The lowest BCUT2D eigenvalue weighted by Crippen LogP contribution is -2.43. The Bertz CT molecular complexity index is 603. The molecule has 0 saturated heterocycles. The fraction of sp³-hybridized carbons (Fsp3) is 0.524. The van der Waals surface area contributed by atoms with Gasteiger partial charge in [-0.2, -0.15) is 0 Å². The molecule has 0 aliphatic carbocycles. The molecule has 2 atom stereocenters. The van der Waals surface area contributed by atoms with Crippen LogP contribution in [0.15, 0.2) is 36.4 Å². The summed E-state index contributed by atoms with van der Waals surface area (Å²) in [6.45, 7) is 9.50. The Morgan fingerprint density at radius 1 is 1.15 bits per heavy atom. The Hall–Kier alpha value is -2.14. The second kappa shape index (κ2) is 10.1. The summed E-state index contributed by atoms with van der Waals surface area (Å²) in [5.74, 6) is 3.80. The average molecular weight is 360 g/mol. The van der Waals surface area contributed by atoms with E-state index in [1.165, 1.54) is 0 Å². The summed E-state index contributed by atoms with van der Waals surface area (Å²) in [6.07, 6.45) is 4.84. The van der Waals surface area contributed by atoms with Crippen LogP contribution >= 0.6 is 0 Å². The Kier molecular flexibility index (Phi) is 8.52. The van der Waals surface area contributed by atoms with E-state index in [1.807, 2.05) is 77.1 Å². The topological polar surface area (TPSA) is 81.4 Å². The number of carbonyl (C=O) groups excluding carboxylic acids is 2. The van der Waals surface area contributed by atoms with E-state index in [9.17, 15) is 9.59 Å². The number of hydrogen-bond donors (Lipinski definition) is 2. The number of benzene rings is 1. The van der Waals surface area contributed by atoms with Gasteiger partial charge in [-0.3, -0.25) is 15.0 Å². The lowest BCUT2D eigenvalue weighted by Gasteiger charge is -2.28. The second-order valence-electron chi connectivity index (χ2n) is 7.93. The third-order valence-electron chi connectivity index (χ3n) is 3.90. The summed E-state index contributed by atoms with van der Waals surface area (Å²) < 4.78 is 5.57. The number of hydrogen-bond acceptors (Lipinski definition) is 4. The lowest BCUT2D eigenvalue weighted by molar-refractivity contribution is -0.164. The number of amides is 1. The molecule has 26 heavy (non-hydrogen) atoms. The SMILES string of the molecule is CC(C)CC(C(=O)NN)[C@H](C/C=C/c1ccccc1)C(=O)OC(C)(C)C. The maximum Gasteiger partial charge on any atom is 0.310 e. The maximum absolute atomic E-state index is 12.8. The van der Waals surface area contributed by atoms with Crippen LogP contribution in [0.25, 0.3) is 6.08 Å². The van der Waals surface area contributed by atoms with E-state index in [4.69, 9.17) is 10.6 Å². The van der Waals surface area contributed by atoms with Gasteiger partial charge in [0.05, 0.1) is 11.8 Å². The van der Waals surface area contributed by atoms with Gasteiger partial charge in [0.25, 0.3) is 0 Å². The highest BCUT2D eigenvalue weighted by Gasteiger charge is 2.35. The van der Waals surface area contributed by atoms with Crippen molar-refractivity contribution >= 4 is 18.0 Å². The van der Waals surface area contributed by atoms with Gasteiger partial charge in [-0.25, -0.2) is 5.84 Å². The smallest absolute Gasteiger partial charge is 0.310 e. The van der Waals surface area contributed by atoms with Crippen molar-refractivity contribution in [1.29, 1.82) is 0 Å². The van der Waals surface area contributed by atoms with E-state index in [0.717, 1.165) is 5.56 Å². The Labute approximate surface area is 157 Å². The van der Waals surface area contributed by atoms with Crippen molar-refractivity contribution < 1.29 is 14.3 Å². The van der Waals surface area contributed by atoms with E-state index in [1.54, 1.807) is 0 Å². The van der Waals surface area contributed by atoms with Gasteiger partial charge in [-0.15, -0.1) is 0 Å². The minimum absolute atomic E-state index is 0.250. The zero-order valence-corrected chi connectivity index (χ0v) is 16.5. The van der Waals surface area contributed by atoms with Crippen molar-refractivity contribution in [2.24, 2.45) is 23.6 Å². The average Bonchev–Trinajstić information content (AvgIpc) is 2.55. The van der Waals surface area contributed by atoms with Gasteiger partial charge >= 0.3 is 5.97 Å². The third-order valence-corrected chi connectivity index (χ3v) is 3.90. The molecule has 0 bridgehead atoms. The van der Waals surface area contributed by atoms with E-state index in [-0.39, 0.29) is 17.8 Å². The summed E-state index contributed by atoms with van der Waals surface area (Å²) in [5.41, 5.74) is 2.64. The van der Waals surface area contributed by atoms with Crippen molar-refractivity contribution in [3.63, 3.8) is 0 Å². The van der Waals surface area contributed by atoms with Gasteiger partial charge < -0.3 is 4.74 Å². The number of allylic oxidation sites excluding steroid dienone is 1. The summed E-state index contributed by atoms with van der Waals surface area (Å²) >= 11 is 0. The van der Waals surface area contributed by atoms with Gasteiger partial charge in [0.2, 0.25) is 5.91 Å². The second-order valence-corrected chi connectivity index (χ2v) is 7.93. The lowest BCUT2D eigenvalue weighted by atomic mass is 9.82. The monoisotopic (exact) mass is 360 g/mol. The molecule has 0 aromatic heterocycles. The van der Waals surface area contributed by atoms with Crippen LogP contribution in [-0.2, 0) is 14.3 Å². The highest BCUT2D eigenvalue weighted by Crippen LogP contribution is 2.27. The Morgan fingerprint density at radius 3 is 2.27 bits per heavy atom. The zero-order valence-electron chi connectivity index (χ0n) is 16.5. The van der Waals surface area contributed by atoms with Crippen molar-refractivity contribution in [1.82, 2.24) is 5.43 Å². The largest absolute Gasteiger partial charge is 0.460 e. The van der Waals surface area contributed by atoms with Crippen molar-refractivity contribution in [3.8, 4) is 0 Å². The van der Waals surface area contributed by atoms with Gasteiger partial charge in [0.1, 0.15) is 5.60 Å². The molecule has 5 nitrogen and oxygen atoms in total. The first-order valence-electron chi connectivity index (χ1n) is 9.09. The number of hydrazine groups is 1. The first-order valence-corrected chi connectivity index (χ1v) is 9.09. The van der Waals surface area contributed by atoms with Gasteiger partial charge in [0.15, 0.2) is 0 Å². The first-order chi connectivity index (χ1) is 12.1. The van der Waals surface area contributed by atoms with Crippen LogP contribution in [0.2, 0.25) is 0 Å². The molecule has 1 unspecified atom stereocenters. The molecule has 1 aromatic rings. The van der Waals surface area contributed by atoms with Crippen LogP contribution < -0.4 is 11.3 Å². The standard InChI is InChI=1S/C21H32N2O3/c1-15(2)14-18(19(24)23-22)17(20(25)26-21(3,4)5)13-9-12-16-10-7-6-8-11-16/h6-12,15,17-18H,13-14,22H2,1-5H3,(H,23,24)/b12-9+/t17-,18?/m0/s1. The highest BCUT2D eigenvalue weighted by molar-refractivity contribution is 5.85. The van der Waals surface area contributed by atoms with Crippen LogP contribution in [-0.4, -0.2) is 17.5 Å². The molecule has 144 valence electrons. The fourth-order valence-electron chi connectivity index (χ4n) is 2.79. The van der Waals surface area contributed by atoms with Crippen molar-refractivity contribution in [2.75, 3.05) is 0 Å². The highest BCUT2D eigenvalue weighted by atomic mass is 16.6. The Balaban J connectivity index is 3.04. The van der Waals surface area contributed by atoms with Gasteiger partial charge in [-0.05, 0) is 45.1 Å². The third kappa shape index (κ3) is 7.83. The maximum atomic E-state index is 12.8. The van der Waals surface area contributed by atoms with Crippen molar-refractivity contribution in [3.05, 3.63) is 42.0 Å². The van der Waals surface area contributed by atoms with Crippen LogP contribution in [0.1, 0.15) is 53.0 Å². The van der Waals surface area contributed by atoms with E-state index < -0.39 is 17.4 Å². The van der Waals surface area contributed by atoms with Gasteiger partial charge in [0, 0.05) is 0 Å². The van der Waals surface area contributed by atoms with Crippen LogP contribution in [0.3, 0.4) is 0 Å². The first kappa shape index (κ1) is 21.9. The number of nitrogens with one attached hydrogen (secondary N) is 1. The number of esters is 1. The molecule has 1 rings (SSSR count). The predicted octanol–water partition coefficient (Wildman–Crippen LogP) is 3.70. The van der Waals surface area contributed by atoms with Crippen LogP contribution in [0, 0.1) is 17.8 Å². The molecule has 0 radical (unpaired) electrons. The summed E-state index contributed by atoms with van der Waals surface area (Å²) in [4.78, 5) is 25.1. The van der Waals surface area contributed by atoms with E-state index in [2.05, 4.69) is 5.43 Å². The molecule has 0 aliphatic heterocycles. The molecule has 5 heteroatoms. The molecule has 0 spiro atoms. The van der Waals surface area contributed by atoms with Crippen LogP contribution in [0.5, 0.6) is 0 Å². The minimum Gasteiger partial charge on any atom is -0.460 e. The van der Waals surface area contributed by atoms with E-state index >= 15 is 0 Å². The van der Waals surface area contributed by atoms with Gasteiger partial charge in [-0.1, -0.05) is 56.3 Å². The van der Waals surface area contributed by atoms with Crippen LogP contribution in [0.4, 0.5) is 0 Å². The molecule has 0 saturated carbocycles. The molecule has 0 aliphatic rings. The zero-order chi connectivity index (χ0) is 19.7. The molecule has 3 N–H and O–H groups in total. The summed E-state index contributed by atoms with van der Waals surface area (Å²) in [6, 6.07) is 9.82. The van der Waals surface area contributed by atoms with Crippen molar-refractivity contribution in [2.45, 2.75) is 53.1 Å². The number of nitrogens with two attached hydrogens (primary N) is 1. The molecular formula is C21H32N2O3. The van der Waals surface area contributed by atoms with E-state index in [0.29, 0.717) is 12.8 Å². The molecular weight excluding hydrogens is 328 g/mol. The fourth-order valence-corrected chi connectivity index (χ4v) is 2.79.